The molecule has 1 rings (SSSR count). The fraction of sp³-hybridized carbons (Fsp3) is 0.625. The monoisotopic (exact) mass is 249 g/mol. The summed E-state index contributed by atoms with van der Waals surface area (Å²) in [5, 5.41) is 3.48. The van der Waals surface area contributed by atoms with Crippen LogP contribution in [-0.4, -0.2) is 14.2 Å². The van der Waals surface area contributed by atoms with Crippen molar-refractivity contribution in [3.05, 3.63) is 29.8 Å². The molecule has 1 aromatic carbocycles. The van der Waals surface area contributed by atoms with E-state index in [1.165, 1.54) is 31.2 Å². The summed E-state index contributed by atoms with van der Waals surface area (Å²) in [6, 6.07) is 8.91. The average Bonchev–Trinajstić information content (AvgIpc) is 2.41. The van der Waals surface area contributed by atoms with Crippen LogP contribution >= 0.6 is 0 Å². The van der Waals surface area contributed by atoms with E-state index in [9.17, 15) is 0 Å². The molecule has 0 spiro atoms. The van der Waals surface area contributed by atoms with E-state index < -0.39 is 0 Å². The van der Waals surface area contributed by atoms with Crippen molar-refractivity contribution in [1.82, 2.24) is 5.32 Å². The Hall–Kier alpha value is -1.02. The summed E-state index contributed by atoms with van der Waals surface area (Å²) in [5.41, 5.74) is 1.37. The molecule has 0 aliphatic rings. The molecule has 102 valence electrons. The highest BCUT2D eigenvalue weighted by Crippen LogP contribution is 2.30. The number of benzene rings is 1. The Bertz CT molecular complexity index is 314. The van der Waals surface area contributed by atoms with E-state index in [1.807, 2.05) is 0 Å². The lowest BCUT2D eigenvalue weighted by Gasteiger charge is -2.27. The molecule has 0 aromatic heterocycles. The van der Waals surface area contributed by atoms with Crippen molar-refractivity contribution in [3.63, 3.8) is 0 Å². The summed E-state index contributed by atoms with van der Waals surface area (Å²) < 4.78 is 5.22. The second-order valence-electron chi connectivity index (χ2n) is 4.88. The Morgan fingerprint density at radius 2 is 1.61 bits per heavy atom. The van der Waals surface area contributed by atoms with Gasteiger partial charge >= 0.3 is 0 Å². The highest BCUT2D eigenvalue weighted by atomic mass is 16.5. The minimum atomic E-state index is 0.454. The first-order valence-corrected chi connectivity index (χ1v) is 7.08. The first-order valence-electron chi connectivity index (χ1n) is 7.08. The summed E-state index contributed by atoms with van der Waals surface area (Å²) in [7, 11) is 3.77. The predicted molar refractivity (Wildman–Crippen MR) is 78.1 cm³/mol. The summed E-state index contributed by atoms with van der Waals surface area (Å²) in [6.07, 6.45) is 5.06. The molecule has 1 N–H and O–H groups in total. The normalized spacial score (nSPS) is 12.7. The van der Waals surface area contributed by atoms with Gasteiger partial charge in [0.25, 0.3) is 0 Å². The number of hydrogen-bond acceptors (Lipinski definition) is 2. The van der Waals surface area contributed by atoms with Gasteiger partial charge in [0, 0.05) is 6.04 Å². The second kappa shape index (κ2) is 8.15. The molecule has 0 amide bonds. The van der Waals surface area contributed by atoms with Crippen LogP contribution in [0, 0.1) is 5.92 Å². The Balaban J connectivity index is 2.83. The molecule has 18 heavy (non-hydrogen) atoms. The van der Waals surface area contributed by atoms with Gasteiger partial charge in [-0.15, -0.1) is 0 Å². The number of rotatable bonds is 8. The molecule has 2 heteroatoms. The molecule has 0 heterocycles. The molecule has 0 aliphatic carbocycles. The van der Waals surface area contributed by atoms with Crippen LogP contribution < -0.4 is 10.1 Å². The summed E-state index contributed by atoms with van der Waals surface area (Å²) in [5.74, 6) is 1.65. The fourth-order valence-electron chi connectivity index (χ4n) is 2.71. The van der Waals surface area contributed by atoms with Crippen molar-refractivity contribution in [2.75, 3.05) is 14.2 Å². The molecule has 0 bridgehead atoms. The van der Waals surface area contributed by atoms with Gasteiger partial charge < -0.3 is 10.1 Å². The van der Waals surface area contributed by atoms with E-state index in [-0.39, 0.29) is 0 Å². The van der Waals surface area contributed by atoms with E-state index in [2.05, 4.69) is 50.5 Å². The van der Waals surface area contributed by atoms with Gasteiger partial charge in [-0.3, -0.25) is 0 Å². The molecule has 0 saturated carbocycles. The molecule has 1 aromatic rings. The maximum atomic E-state index is 5.22. The lowest BCUT2D eigenvalue weighted by molar-refractivity contribution is 0.330. The summed E-state index contributed by atoms with van der Waals surface area (Å²) in [6.45, 7) is 4.53. The van der Waals surface area contributed by atoms with Crippen LogP contribution in [0.2, 0.25) is 0 Å². The van der Waals surface area contributed by atoms with E-state index in [0.717, 1.165) is 11.7 Å². The van der Waals surface area contributed by atoms with Gasteiger partial charge in [-0.05, 0) is 43.5 Å². The molecular formula is C16H27NO. The molecule has 0 aliphatic heterocycles. The van der Waals surface area contributed by atoms with Crippen LogP contribution in [0.4, 0.5) is 0 Å². The van der Waals surface area contributed by atoms with Crippen LogP contribution in [0.1, 0.15) is 51.1 Å². The second-order valence-corrected chi connectivity index (χ2v) is 4.88. The van der Waals surface area contributed by atoms with Crippen molar-refractivity contribution in [2.45, 2.75) is 45.6 Å². The molecule has 2 nitrogen and oxygen atoms in total. The third-order valence-corrected chi connectivity index (χ3v) is 3.58. The number of ether oxygens (including phenoxy) is 1. The first-order chi connectivity index (χ1) is 8.76. The van der Waals surface area contributed by atoms with Crippen LogP contribution in [0.25, 0.3) is 0 Å². The van der Waals surface area contributed by atoms with E-state index >= 15 is 0 Å². The zero-order chi connectivity index (χ0) is 13.4. The van der Waals surface area contributed by atoms with E-state index in [4.69, 9.17) is 4.74 Å². The molecule has 0 fully saturated rings. The zero-order valence-electron chi connectivity index (χ0n) is 12.2. The van der Waals surface area contributed by atoms with Gasteiger partial charge in [-0.2, -0.15) is 0 Å². The highest BCUT2D eigenvalue weighted by molar-refractivity contribution is 5.29. The zero-order valence-corrected chi connectivity index (χ0v) is 12.2. The smallest absolute Gasteiger partial charge is 0.118 e. The highest BCUT2D eigenvalue weighted by Gasteiger charge is 2.20. The SMILES string of the molecule is CCCC(CCC)C(NC)c1ccc(OC)cc1. The van der Waals surface area contributed by atoms with Crippen LogP contribution in [0.3, 0.4) is 0 Å². The molecule has 0 radical (unpaired) electrons. The number of methoxy groups -OCH3 is 1. The van der Waals surface area contributed by atoms with Gasteiger partial charge in [0.1, 0.15) is 5.75 Å². The Morgan fingerprint density at radius 1 is 1.06 bits per heavy atom. The Kier molecular flexibility index (Phi) is 6.81. The van der Waals surface area contributed by atoms with Crippen molar-refractivity contribution in [2.24, 2.45) is 5.92 Å². The summed E-state index contributed by atoms with van der Waals surface area (Å²) in [4.78, 5) is 0. The van der Waals surface area contributed by atoms with Crippen molar-refractivity contribution >= 4 is 0 Å². The third-order valence-electron chi connectivity index (χ3n) is 3.58. The van der Waals surface area contributed by atoms with Gasteiger partial charge in [0.15, 0.2) is 0 Å². The Labute approximate surface area is 112 Å². The minimum Gasteiger partial charge on any atom is -0.497 e. The number of nitrogens with one attached hydrogen (secondary N) is 1. The van der Waals surface area contributed by atoms with Crippen molar-refractivity contribution in [3.8, 4) is 5.75 Å². The third kappa shape index (κ3) is 4.02. The molecular weight excluding hydrogens is 222 g/mol. The van der Waals surface area contributed by atoms with Gasteiger partial charge in [-0.25, -0.2) is 0 Å². The van der Waals surface area contributed by atoms with Crippen LogP contribution in [0.15, 0.2) is 24.3 Å². The largest absolute Gasteiger partial charge is 0.497 e. The lowest BCUT2D eigenvalue weighted by Crippen LogP contribution is -2.25. The maximum absolute atomic E-state index is 5.22. The summed E-state index contributed by atoms with van der Waals surface area (Å²) >= 11 is 0. The first kappa shape index (κ1) is 15.0. The van der Waals surface area contributed by atoms with Crippen molar-refractivity contribution in [1.29, 1.82) is 0 Å². The van der Waals surface area contributed by atoms with E-state index in [1.54, 1.807) is 7.11 Å². The lowest BCUT2D eigenvalue weighted by atomic mass is 9.86. The van der Waals surface area contributed by atoms with Crippen LogP contribution in [-0.2, 0) is 0 Å². The molecule has 1 atom stereocenters. The van der Waals surface area contributed by atoms with E-state index in [0.29, 0.717) is 6.04 Å². The molecule has 0 saturated heterocycles. The molecule has 1 unspecified atom stereocenters. The van der Waals surface area contributed by atoms with Gasteiger partial charge in [0.05, 0.1) is 7.11 Å². The topological polar surface area (TPSA) is 21.3 Å². The quantitative estimate of drug-likeness (QED) is 0.746. The van der Waals surface area contributed by atoms with Crippen LogP contribution in [0.5, 0.6) is 5.75 Å². The Morgan fingerprint density at radius 3 is 2.00 bits per heavy atom. The minimum absolute atomic E-state index is 0.454. The van der Waals surface area contributed by atoms with Gasteiger partial charge in [-0.1, -0.05) is 38.8 Å². The standard InChI is InChI=1S/C16H27NO/c1-5-7-13(8-6-2)16(17-3)14-9-11-15(18-4)12-10-14/h9-13,16-17H,5-8H2,1-4H3. The number of hydrogen-bond donors (Lipinski definition) is 1. The van der Waals surface area contributed by atoms with Crippen molar-refractivity contribution < 1.29 is 4.74 Å². The average molecular weight is 249 g/mol. The van der Waals surface area contributed by atoms with Gasteiger partial charge in [0.2, 0.25) is 0 Å². The predicted octanol–water partition coefficient (Wildman–Crippen LogP) is 4.17. The fourth-order valence-corrected chi connectivity index (χ4v) is 2.71. The maximum Gasteiger partial charge on any atom is 0.118 e.